The van der Waals surface area contributed by atoms with Crippen LogP contribution >= 0.6 is 0 Å². The van der Waals surface area contributed by atoms with Gasteiger partial charge < -0.3 is 19.9 Å². The maximum absolute atomic E-state index is 12.1. The molecule has 0 aliphatic heterocycles. The molecule has 0 fully saturated rings. The fraction of sp³-hybridized carbons (Fsp3) is 0.231. The van der Waals surface area contributed by atoms with Crippen LogP contribution in [0.5, 0.6) is 0 Å². The molecule has 0 saturated carbocycles. The first-order chi connectivity index (χ1) is 16.0. The highest BCUT2D eigenvalue weighted by molar-refractivity contribution is 5.93. The van der Waals surface area contributed by atoms with Gasteiger partial charge in [0.25, 0.3) is 5.91 Å². The van der Waals surface area contributed by atoms with E-state index < -0.39 is 0 Å². The Morgan fingerprint density at radius 3 is 2.21 bits per heavy atom. The Labute approximate surface area is 195 Å². The number of aliphatic hydroxyl groups is 1. The molecule has 7 heteroatoms. The number of nitrogens with one attached hydrogen (secondary N) is 1. The maximum atomic E-state index is 12.1. The molecule has 0 saturated heterocycles. The molecule has 2 aromatic carbocycles. The largest absolute Gasteiger partial charge is 0.491 e. The zero-order valence-corrected chi connectivity index (χ0v) is 19.6. The summed E-state index contributed by atoms with van der Waals surface area (Å²) in [5.41, 5.74) is 4.70. The molecule has 0 aromatic heterocycles. The number of benzene rings is 2. The number of amides is 1. The fourth-order valence-electron chi connectivity index (χ4n) is 2.50. The van der Waals surface area contributed by atoms with Crippen LogP contribution in [0.15, 0.2) is 73.2 Å². The van der Waals surface area contributed by atoms with Crippen LogP contribution < -0.4 is 10.7 Å². The number of ether oxygens (including phenoxy) is 2. The first-order valence-corrected chi connectivity index (χ1v) is 10.2. The molecule has 0 aliphatic rings. The summed E-state index contributed by atoms with van der Waals surface area (Å²) in [7, 11) is 1.00. The first kappa shape index (κ1) is 29.1. The average molecular weight is 454 g/mol. The standard InChI is InChI=1S/C21H22N2O2.C4H6O2.CH4O/c1-16-8-6-9-17(2)21(16)23-20(24)15-25-14-19(12-7-13-22)18-10-4-3-5-11-18;1-2-6-4-3-5;1-2/h3-14,22H,15H2,1-2H3,(H,23,24);4H,2H2,1H3;2H,1H3/p+1/b12-7-,19-14+,22-13?;;. The Morgan fingerprint density at radius 2 is 1.70 bits per heavy atom. The van der Waals surface area contributed by atoms with E-state index in [1.54, 1.807) is 19.3 Å². The molecule has 7 nitrogen and oxygen atoms in total. The van der Waals surface area contributed by atoms with Crippen molar-refractivity contribution in [3.63, 3.8) is 0 Å². The second kappa shape index (κ2) is 18.8. The zero-order valence-electron chi connectivity index (χ0n) is 19.6. The third kappa shape index (κ3) is 12.5. The summed E-state index contributed by atoms with van der Waals surface area (Å²) in [5, 5.41) is 15.3. The molecule has 2 aromatic rings. The second-order valence-corrected chi connectivity index (χ2v) is 6.31. The number of aryl methyl sites for hydroxylation is 2. The molecule has 0 aliphatic carbocycles. The van der Waals surface area contributed by atoms with Crippen LogP contribution in [0.1, 0.15) is 23.6 Å². The predicted octanol–water partition coefficient (Wildman–Crippen LogP) is 2.66. The zero-order chi connectivity index (χ0) is 24.9. The summed E-state index contributed by atoms with van der Waals surface area (Å²) >= 11 is 0. The van der Waals surface area contributed by atoms with Crippen LogP contribution in [-0.2, 0) is 19.1 Å². The third-order valence-electron chi connectivity index (χ3n) is 3.96. The smallest absolute Gasteiger partial charge is 0.262 e. The molecule has 0 spiro atoms. The highest BCUT2D eigenvalue weighted by Crippen LogP contribution is 2.19. The van der Waals surface area contributed by atoms with Crippen molar-refractivity contribution in [3.8, 4) is 0 Å². The SMILES string of the molecule is CCOC=C=O.CO.Cc1cccc(C)c1NC(=O)CO/C=C(\C=C/C=[NH2+])c1ccccc1. The lowest BCUT2D eigenvalue weighted by Crippen LogP contribution is -2.28. The van der Waals surface area contributed by atoms with Crippen LogP contribution in [-0.4, -0.2) is 43.5 Å². The van der Waals surface area contributed by atoms with Crippen LogP contribution in [0.25, 0.3) is 5.57 Å². The van der Waals surface area contributed by atoms with Crippen molar-refractivity contribution in [2.24, 2.45) is 0 Å². The molecule has 0 atom stereocenters. The molecular formula is C26H33N2O5+. The second-order valence-electron chi connectivity index (χ2n) is 6.31. The number of carbonyl (C=O) groups excluding carboxylic acids is 2. The van der Waals surface area contributed by atoms with Crippen molar-refractivity contribution in [2.75, 3.05) is 25.6 Å². The van der Waals surface area contributed by atoms with E-state index in [0.717, 1.165) is 41.3 Å². The Kier molecular flexibility index (Phi) is 16.6. The lowest BCUT2D eigenvalue weighted by Gasteiger charge is -2.11. The van der Waals surface area contributed by atoms with Gasteiger partial charge in [-0.25, -0.2) is 4.79 Å². The van der Waals surface area contributed by atoms with Gasteiger partial charge in [0, 0.05) is 24.4 Å². The highest BCUT2D eigenvalue weighted by Gasteiger charge is 2.07. The summed E-state index contributed by atoms with van der Waals surface area (Å²) in [6, 6.07) is 15.6. The number of anilines is 1. The number of para-hydroxylation sites is 1. The molecule has 4 N–H and O–H groups in total. The van der Waals surface area contributed by atoms with Gasteiger partial charge in [-0.1, -0.05) is 48.5 Å². The van der Waals surface area contributed by atoms with E-state index in [1.807, 2.05) is 68.5 Å². The van der Waals surface area contributed by atoms with Crippen molar-refractivity contribution in [1.29, 1.82) is 0 Å². The Bertz CT molecular complexity index is 926. The van der Waals surface area contributed by atoms with Gasteiger partial charge in [-0.05, 0) is 43.5 Å². The number of hydrogen-bond acceptors (Lipinski definition) is 5. The van der Waals surface area contributed by atoms with Crippen molar-refractivity contribution in [1.82, 2.24) is 0 Å². The van der Waals surface area contributed by atoms with Gasteiger partial charge in [-0.15, -0.1) is 0 Å². The minimum atomic E-state index is -0.199. The van der Waals surface area contributed by atoms with Crippen LogP contribution in [0.4, 0.5) is 5.69 Å². The molecule has 0 radical (unpaired) electrons. The third-order valence-corrected chi connectivity index (χ3v) is 3.96. The number of allylic oxidation sites excluding steroid dienone is 3. The monoisotopic (exact) mass is 453 g/mol. The topological polar surface area (TPSA) is 110 Å². The Morgan fingerprint density at radius 1 is 1.06 bits per heavy atom. The van der Waals surface area contributed by atoms with Crippen molar-refractivity contribution >= 4 is 29.3 Å². The van der Waals surface area contributed by atoms with E-state index in [2.05, 4.69) is 10.1 Å². The lowest BCUT2D eigenvalue weighted by molar-refractivity contribution is -0.119. The van der Waals surface area contributed by atoms with Crippen LogP contribution in [0.2, 0.25) is 0 Å². The van der Waals surface area contributed by atoms with Gasteiger partial charge in [0.15, 0.2) is 25.0 Å². The highest BCUT2D eigenvalue weighted by atomic mass is 16.5. The summed E-state index contributed by atoms with van der Waals surface area (Å²) in [4.78, 5) is 21.4. The molecule has 0 bridgehead atoms. The minimum Gasteiger partial charge on any atom is -0.491 e. The lowest BCUT2D eigenvalue weighted by atomic mass is 10.1. The summed E-state index contributed by atoms with van der Waals surface area (Å²) in [6.07, 6.45) is 7.57. The van der Waals surface area contributed by atoms with Crippen LogP contribution in [0.3, 0.4) is 0 Å². The Balaban J connectivity index is 0.00000111. The number of rotatable bonds is 9. The van der Waals surface area contributed by atoms with Crippen molar-refractivity contribution < 1.29 is 29.6 Å². The molecular weight excluding hydrogens is 420 g/mol. The number of carbonyl (C=O) groups is 1. The number of hydrogen-bond donors (Lipinski definition) is 3. The molecule has 2 rings (SSSR count). The summed E-state index contributed by atoms with van der Waals surface area (Å²) in [5.74, 6) is 1.27. The van der Waals surface area contributed by atoms with E-state index in [4.69, 9.17) is 15.3 Å². The van der Waals surface area contributed by atoms with Gasteiger partial charge in [0.2, 0.25) is 0 Å². The number of aliphatic hydroxyl groups excluding tert-OH is 1. The molecule has 1 amide bonds. The first-order valence-electron chi connectivity index (χ1n) is 10.2. The van der Waals surface area contributed by atoms with Gasteiger partial charge in [-0.2, -0.15) is 0 Å². The quantitative estimate of drug-likeness (QED) is 0.234. The van der Waals surface area contributed by atoms with Gasteiger partial charge >= 0.3 is 0 Å². The molecule has 0 unspecified atom stereocenters. The average Bonchev–Trinajstić information content (AvgIpc) is 2.84. The van der Waals surface area contributed by atoms with E-state index >= 15 is 0 Å². The fourth-order valence-corrected chi connectivity index (χ4v) is 2.50. The van der Waals surface area contributed by atoms with Crippen LogP contribution in [0, 0.1) is 13.8 Å². The Hall–Kier alpha value is -3.93. The molecule has 176 valence electrons. The van der Waals surface area contributed by atoms with Gasteiger partial charge in [0.05, 0.1) is 12.9 Å². The molecule has 33 heavy (non-hydrogen) atoms. The minimum absolute atomic E-state index is 0.0652. The van der Waals surface area contributed by atoms with E-state index in [9.17, 15) is 9.59 Å². The number of nitrogens with two attached hydrogens (primary N) is 1. The van der Waals surface area contributed by atoms with Gasteiger partial charge in [0.1, 0.15) is 0 Å². The summed E-state index contributed by atoms with van der Waals surface area (Å²) < 4.78 is 9.91. The van der Waals surface area contributed by atoms with E-state index in [-0.39, 0.29) is 12.5 Å². The van der Waals surface area contributed by atoms with E-state index in [1.165, 1.54) is 12.2 Å². The summed E-state index contributed by atoms with van der Waals surface area (Å²) in [6.45, 7) is 6.20. The van der Waals surface area contributed by atoms with E-state index in [0.29, 0.717) is 6.61 Å². The van der Waals surface area contributed by atoms with Crippen molar-refractivity contribution in [2.45, 2.75) is 20.8 Å². The maximum Gasteiger partial charge on any atom is 0.262 e. The normalized spacial score (nSPS) is 9.91. The molecule has 0 heterocycles. The van der Waals surface area contributed by atoms with Gasteiger partial charge in [-0.3, -0.25) is 10.2 Å². The van der Waals surface area contributed by atoms with Crippen molar-refractivity contribution in [3.05, 3.63) is 89.9 Å². The predicted molar refractivity (Wildman–Crippen MR) is 132 cm³/mol.